The molecule has 0 bridgehead atoms. The van der Waals surface area contributed by atoms with Crippen molar-refractivity contribution < 1.29 is 23.2 Å². The van der Waals surface area contributed by atoms with E-state index in [0.717, 1.165) is 29.5 Å². The second kappa shape index (κ2) is 9.12. The van der Waals surface area contributed by atoms with Crippen LogP contribution >= 0.6 is 0 Å². The molecule has 2 atom stereocenters. The highest BCUT2D eigenvalue weighted by Crippen LogP contribution is 2.46. The normalized spacial score (nSPS) is 16.2. The third-order valence-corrected chi connectivity index (χ3v) is 7.37. The Kier molecular flexibility index (Phi) is 7.03. The lowest BCUT2D eigenvalue weighted by Crippen LogP contribution is -2.42. The summed E-state index contributed by atoms with van der Waals surface area (Å²) in [4.78, 5) is 11.6. The standard InChI is InChI=1S/C25H31F2NO3S/c1-13-9-14(2)21(15(3)10-13)18-11-17(16-7-8-16)23(26)22(24(18)27)19(12-20(29)30)28-32(31)25(4,5)6/h9-11,16,19,28H,7-8,12H2,1-6H3,(H,29,30). The molecule has 0 spiro atoms. The molecule has 2 aromatic carbocycles. The highest BCUT2D eigenvalue weighted by Gasteiger charge is 2.37. The molecule has 0 heterocycles. The van der Waals surface area contributed by atoms with E-state index in [9.17, 15) is 14.5 Å². The summed E-state index contributed by atoms with van der Waals surface area (Å²) in [6, 6.07) is 4.21. The molecular weight excluding hydrogens is 432 g/mol. The van der Waals surface area contributed by atoms with Gasteiger partial charge in [0.05, 0.1) is 12.5 Å². The smallest absolute Gasteiger partial charge is 0.305 e. The van der Waals surface area contributed by atoms with Crippen molar-refractivity contribution in [3.8, 4) is 11.1 Å². The second-order valence-electron chi connectivity index (χ2n) is 9.75. The molecule has 4 nitrogen and oxygen atoms in total. The Labute approximate surface area is 191 Å². The first-order valence-corrected chi connectivity index (χ1v) is 12.0. The molecule has 0 amide bonds. The predicted octanol–water partition coefficient (Wildman–Crippen LogP) is 6.00. The van der Waals surface area contributed by atoms with Crippen LogP contribution in [0.5, 0.6) is 0 Å². The minimum atomic E-state index is -1.71. The van der Waals surface area contributed by atoms with Crippen LogP contribution in [0.4, 0.5) is 8.78 Å². The van der Waals surface area contributed by atoms with E-state index in [1.807, 2.05) is 32.9 Å². The molecule has 0 radical (unpaired) electrons. The van der Waals surface area contributed by atoms with Gasteiger partial charge in [-0.05, 0) is 88.6 Å². The number of rotatable bonds is 7. The average Bonchev–Trinajstić information content (AvgIpc) is 3.46. The molecule has 32 heavy (non-hydrogen) atoms. The number of hydrogen-bond acceptors (Lipinski definition) is 3. The first-order valence-electron chi connectivity index (χ1n) is 10.8. The van der Waals surface area contributed by atoms with Crippen molar-refractivity contribution in [2.75, 3.05) is 0 Å². The van der Waals surface area contributed by atoms with E-state index in [2.05, 4.69) is 4.72 Å². The maximum Gasteiger partial charge on any atom is 0.305 e. The lowest BCUT2D eigenvalue weighted by Gasteiger charge is -2.29. The van der Waals surface area contributed by atoms with Crippen LogP contribution in [0.2, 0.25) is 0 Å². The Morgan fingerprint density at radius 3 is 2.19 bits per heavy atom. The van der Waals surface area contributed by atoms with E-state index < -0.39 is 46.2 Å². The molecule has 3 rings (SSSR count). The van der Waals surface area contributed by atoms with Crippen LogP contribution in [0.3, 0.4) is 0 Å². The van der Waals surface area contributed by atoms with Crippen LogP contribution in [0.1, 0.15) is 79.8 Å². The van der Waals surface area contributed by atoms with Crippen LogP contribution in [0.15, 0.2) is 18.2 Å². The Balaban J connectivity index is 2.25. The van der Waals surface area contributed by atoms with Crippen LogP contribution in [-0.2, 0) is 16.2 Å². The van der Waals surface area contributed by atoms with E-state index in [1.165, 1.54) is 0 Å². The van der Waals surface area contributed by atoms with Gasteiger partial charge in [-0.15, -0.1) is 4.72 Å². The van der Waals surface area contributed by atoms with Crippen molar-refractivity contribution in [1.82, 2.24) is 4.72 Å². The summed E-state index contributed by atoms with van der Waals surface area (Å²) in [5, 5.41) is 9.45. The van der Waals surface area contributed by atoms with Gasteiger partial charge in [0.1, 0.15) is 16.4 Å². The Morgan fingerprint density at radius 1 is 1.16 bits per heavy atom. The number of carboxylic acid groups (broad SMARTS) is 1. The maximum absolute atomic E-state index is 16.0. The van der Waals surface area contributed by atoms with Gasteiger partial charge in [-0.25, -0.2) is 8.78 Å². The molecule has 0 saturated heterocycles. The van der Waals surface area contributed by atoms with Gasteiger partial charge in [0.2, 0.25) is 0 Å². The fraction of sp³-hybridized carbons (Fsp3) is 0.480. The van der Waals surface area contributed by atoms with Crippen LogP contribution in [0, 0.1) is 32.4 Å². The van der Waals surface area contributed by atoms with E-state index in [4.69, 9.17) is 0 Å². The number of aliphatic carboxylic acids is 1. The summed E-state index contributed by atoms with van der Waals surface area (Å²) >= 11 is -1.71. The molecule has 0 aliphatic heterocycles. The summed E-state index contributed by atoms with van der Waals surface area (Å²) in [7, 11) is 0. The molecule has 0 aromatic heterocycles. The lowest BCUT2D eigenvalue weighted by molar-refractivity contribution is -0.137. The summed E-state index contributed by atoms with van der Waals surface area (Å²) in [6.45, 7) is 10.9. The fourth-order valence-electron chi connectivity index (χ4n) is 4.15. The lowest BCUT2D eigenvalue weighted by atomic mass is 9.88. The van der Waals surface area contributed by atoms with Gasteiger partial charge in [-0.2, -0.15) is 0 Å². The fourth-order valence-corrected chi connectivity index (χ4v) is 4.96. The van der Waals surface area contributed by atoms with Crippen molar-refractivity contribution in [1.29, 1.82) is 0 Å². The van der Waals surface area contributed by atoms with Crippen molar-refractivity contribution in [3.05, 3.63) is 57.7 Å². The molecule has 2 aromatic rings. The largest absolute Gasteiger partial charge is 0.598 e. The number of carboxylic acids is 1. The quantitative estimate of drug-likeness (QED) is 0.494. The highest BCUT2D eigenvalue weighted by atomic mass is 32.2. The molecule has 7 heteroatoms. The van der Waals surface area contributed by atoms with Crippen LogP contribution < -0.4 is 4.72 Å². The predicted molar refractivity (Wildman–Crippen MR) is 124 cm³/mol. The Hall–Kier alpha value is -1.96. The Bertz CT molecular complexity index is 1020. The molecule has 2 unspecified atom stereocenters. The van der Waals surface area contributed by atoms with Crippen molar-refractivity contribution in [3.63, 3.8) is 0 Å². The summed E-state index contributed by atoms with van der Waals surface area (Å²) < 4.78 is 46.4. The maximum atomic E-state index is 16.0. The van der Waals surface area contributed by atoms with Crippen LogP contribution in [-0.4, -0.2) is 20.4 Å². The van der Waals surface area contributed by atoms with Crippen molar-refractivity contribution in [2.24, 2.45) is 0 Å². The first-order chi connectivity index (χ1) is 14.8. The molecule has 1 aliphatic carbocycles. The number of hydrogen-bond donors (Lipinski definition) is 2. The number of nitrogens with one attached hydrogen (secondary N) is 1. The number of aryl methyl sites for hydroxylation is 3. The molecule has 1 aliphatic rings. The molecule has 1 saturated carbocycles. The number of halogens is 2. The van der Waals surface area contributed by atoms with Gasteiger partial charge >= 0.3 is 5.97 Å². The number of benzene rings is 2. The summed E-state index contributed by atoms with van der Waals surface area (Å²) in [5.74, 6) is -2.78. The number of carbonyl (C=O) groups is 1. The van der Waals surface area contributed by atoms with Gasteiger partial charge in [0.15, 0.2) is 0 Å². The van der Waals surface area contributed by atoms with Crippen molar-refractivity contribution in [2.45, 2.75) is 77.5 Å². The second-order valence-corrected chi connectivity index (χ2v) is 11.8. The van der Waals surface area contributed by atoms with Gasteiger partial charge in [0, 0.05) is 22.5 Å². The summed E-state index contributed by atoms with van der Waals surface area (Å²) in [5.41, 5.74) is 3.76. The van der Waals surface area contributed by atoms with Gasteiger partial charge in [-0.1, -0.05) is 17.7 Å². The minimum Gasteiger partial charge on any atom is -0.598 e. The zero-order valence-corrected chi connectivity index (χ0v) is 20.3. The first kappa shape index (κ1) is 24.7. The third kappa shape index (κ3) is 5.16. The minimum absolute atomic E-state index is 0.0160. The van der Waals surface area contributed by atoms with Gasteiger partial charge < -0.3 is 9.66 Å². The van der Waals surface area contributed by atoms with Crippen molar-refractivity contribution >= 4 is 17.3 Å². The highest BCUT2D eigenvalue weighted by molar-refractivity contribution is 7.90. The average molecular weight is 464 g/mol. The molecular formula is C25H31F2NO3S. The zero-order chi connectivity index (χ0) is 24.0. The molecule has 2 N–H and O–H groups in total. The van der Waals surface area contributed by atoms with E-state index in [-0.39, 0.29) is 17.0 Å². The SMILES string of the molecule is Cc1cc(C)c(-c2cc(C3CC3)c(F)c(C(CC(=O)O)N[S+]([O-])C(C)(C)C)c2F)c(C)c1. The van der Waals surface area contributed by atoms with E-state index in [1.54, 1.807) is 26.8 Å². The Morgan fingerprint density at radius 2 is 1.72 bits per heavy atom. The molecule has 174 valence electrons. The van der Waals surface area contributed by atoms with Gasteiger partial charge in [0.25, 0.3) is 0 Å². The third-order valence-electron chi connectivity index (χ3n) is 5.76. The monoisotopic (exact) mass is 463 g/mol. The van der Waals surface area contributed by atoms with E-state index >= 15 is 8.78 Å². The topological polar surface area (TPSA) is 72.4 Å². The summed E-state index contributed by atoms with van der Waals surface area (Å²) in [6.07, 6.45) is 1.02. The van der Waals surface area contributed by atoms with Crippen LogP contribution in [0.25, 0.3) is 11.1 Å². The van der Waals surface area contributed by atoms with Gasteiger partial charge in [-0.3, -0.25) is 4.79 Å². The van der Waals surface area contributed by atoms with E-state index in [0.29, 0.717) is 11.1 Å². The molecule has 1 fully saturated rings. The zero-order valence-electron chi connectivity index (χ0n) is 19.4.